The predicted molar refractivity (Wildman–Crippen MR) is 63.4 cm³/mol. The van der Waals surface area contributed by atoms with Crippen molar-refractivity contribution in [3.8, 4) is 0 Å². The molecule has 1 aromatic heterocycles. The second-order valence-electron chi connectivity index (χ2n) is 5.59. The standard InChI is InChI=1S/C13H17NS/c1-2-5-13(4-1)10-3-8-15-11(10)12(6-7-12)9-14-13/h3,8,14H,1-2,4-7,9H2. The normalized spacial score (nSPS) is 29.6. The Labute approximate surface area is 94.9 Å². The van der Waals surface area contributed by atoms with Crippen LogP contribution in [-0.2, 0) is 11.0 Å². The smallest absolute Gasteiger partial charge is 0.0446 e. The van der Waals surface area contributed by atoms with Crippen LogP contribution < -0.4 is 5.32 Å². The van der Waals surface area contributed by atoms with Crippen LogP contribution in [0, 0.1) is 0 Å². The molecule has 1 aromatic rings. The number of hydrogen-bond donors (Lipinski definition) is 1. The minimum Gasteiger partial charge on any atom is -0.306 e. The number of nitrogens with one attached hydrogen (secondary N) is 1. The fraction of sp³-hybridized carbons (Fsp3) is 0.692. The molecule has 0 amide bonds. The van der Waals surface area contributed by atoms with E-state index in [1.165, 1.54) is 45.1 Å². The first-order valence-corrected chi connectivity index (χ1v) is 7.06. The molecule has 0 unspecified atom stereocenters. The molecular formula is C13H17NS. The van der Waals surface area contributed by atoms with Crippen molar-refractivity contribution >= 4 is 11.3 Å². The molecule has 2 heteroatoms. The maximum Gasteiger partial charge on any atom is 0.0446 e. The molecule has 1 N–H and O–H groups in total. The summed E-state index contributed by atoms with van der Waals surface area (Å²) in [5.74, 6) is 0. The van der Waals surface area contributed by atoms with Crippen LogP contribution in [0.15, 0.2) is 11.4 Å². The van der Waals surface area contributed by atoms with E-state index in [4.69, 9.17) is 0 Å². The van der Waals surface area contributed by atoms with Gasteiger partial charge in [0.05, 0.1) is 0 Å². The van der Waals surface area contributed by atoms with Gasteiger partial charge in [0.2, 0.25) is 0 Å². The average molecular weight is 219 g/mol. The quantitative estimate of drug-likeness (QED) is 0.707. The molecule has 4 rings (SSSR count). The zero-order valence-electron chi connectivity index (χ0n) is 9.01. The van der Waals surface area contributed by atoms with Crippen molar-refractivity contribution in [2.45, 2.75) is 49.5 Å². The van der Waals surface area contributed by atoms with Crippen LogP contribution in [0.2, 0.25) is 0 Å². The molecule has 0 saturated heterocycles. The van der Waals surface area contributed by atoms with Crippen LogP contribution in [0.1, 0.15) is 49.0 Å². The van der Waals surface area contributed by atoms with Crippen molar-refractivity contribution in [3.63, 3.8) is 0 Å². The molecule has 2 saturated carbocycles. The van der Waals surface area contributed by atoms with Crippen molar-refractivity contribution in [1.82, 2.24) is 5.32 Å². The predicted octanol–water partition coefficient (Wildman–Crippen LogP) is 3.15. The van der Waals surface area contributed by atoms with Gasteiger partial charge in [-0.25, -0.2) is 0 Å². The molecule has 2 aliphatic carbocycles. The molecule has 0 atom stereocenters. The average Bonchev–Trinajstić information content (AvgIpc) is 2.73. The van der Waals surface area contributed by atoms with Gasteiger partial charge in [-0.3, -0.25) is 0 Å². The van der Waals surface area contributed by atoms with Crippen LogP contribution in [0.25, 0.3) is 0 Å². The first-order chi connectivity index (χ1) is 7.35. The van der Waals surface area contributed by atoms with Gasteiger partial charge in [-0.2, -0.15) is 0 Å². The van der Waals surface area contributed by atoms with Crippen molar-refractivity contribution < 1.29 is 0 Å². The fourth-order valence-electron chi connectivity index (χ4n) is 3.59. The molecule has 2 spiro atoms. The van der Waals surface area contributed by atoms with Gasteiger partial charge in [-0.05, 0) is 42.7 Å². The number of rotatable bonds is 0. The maximum atomic E-state index is 3.90. The molecule has 1 aliphatic heterocycles. The Hall–Kier alpha value is -0.340. The van der Waals surface area contributed by atoms with E-state index in [0.717, 1.165) is 0 Å². The van der Waals surface area contributed by atoms with E-state index in [1.807, 2.05) is 11.3 Å². The summed E-state index contributed by atoms with van der Waals surface area (Å²) in [6.07, 6.45) is 8.40. The third kappa shape index (κ3) is 1.02. The van der Waals surface area contributed by atoms with Crippen LogP contribution in [0.4, 0.5) is 0 Å². The van der Waals surface area contributed by atoms with Gasteiger partial charge in [0, 0.05) is 22.4 Å². The van der Waals surface area contributed by atoms with E-state index in [9.17, 15) is 0 Å². The number of thiophene rings is 1. The van der Waals surface area contributed by atoms with Crippen LogP contribution in [0.5, 0.6) is 0 Å². The highest BCUT2D eigenvalue weighted by molar-refractivity contribution is 7.10. The highest BCUT2D eigenvalue weighted by atomic mass is 32.1. The zero-order chi connectivity index (χ0) is 9.93. The third-order valence-electron chi connectivity index (χ3n) is 4.74. The lowest BCUT2D eigenvalue weighted by Crippen LogP contribution is -2.48. The zero-order valence-corrected chi connectivity index (χ0v) is 9.83. The Morgan fingerprint density at radius 2 is 1.93 bits per heavy atom. The van der Waals surface area contributed by atoms with Gasteiger partial charge < -0.3 is 5.32 Å². The lowest BCUT2D eigenvalue weighted by molar-refractivity contribution is 0.300. The Kier molecular flexibility index (Phi) is 1.56. The molecule has 80 valence electrons. The molecule has 3 aliphatic rings. The van der Waals surface area contributed by atoms with E-state index >= 15 is 0 Å². The minimum atomic E-state index is 0.392. The number of fused-ring (bicyclic) bond motifs is 3. The minimum absolute atomic E-state index is 0.392. The van der Waals surface area contributed by atoms with Crippen molar-refractivity contribution in [3.05, 3.63) is 21.9 Å². The van der Waals surface area contributed by atoms with E-state index in [-0.39, 0.29) is 0 Å². The van der Waals surface area contributed by atoms with Crippen LogP contribution in [0.3, 0.4) is 0 Å². The van der Waals surface area contributed by atoms with E-state index in [1.54, 1.807) is 10.4 Å². The van der Waals surface area contributed by atoms with E-state index < -0.39 is 0 Å². The molecule has 2 heterocycles. The van der Waals surface area contributed by atoms with Crippen molar-refractivity contribution in [2.75, 3.05) is 6.54 Å². The molecule has 0 aromatic carbocycles. The van der Waals surface area contributed by atoms with E-state index in [0.29, 0.717) is 11.0 Å². The largest absolute Gasteiger partial charge is 0.306 e. The Morgan fingerprint density at radius 1 is 1.13 bits per heavy atom. The third-order valence-corrected chi connectivity index (χ3v) is 5.90. The first-order valence-electron chi connectivity index (χ1n) is 6.18. The van der Waals surface area contributed by atoms with Gasteiger partial charge >= 0.3 is 0 Å². The lowest BCUT2D eigenvalue weighted by Gasteiger charge is -2.39. The highest BCUT2D eigenvalue weighted by Crippen LogP contribution is 2.57. The summed E-state index contributed by atoms with van der Waals surface area (Å²) in [6.45, 7) is 1.25. The Bertz CT molecular complexity index is 396. The van der Waals surface area contributed by atoms with Crippen molar-refractivity contribution in [1.29, 1.82) is 0 Å². The van der Waals surface area contributed by atoms with Gasteiger partial charge in [-0.15, -0.1) is 11.3 Å². The summed E-state index contributed by atoms with van der Waals surface area (Å²) in [5, 5.41) is 6.21. The molecule has 15 heavy (non-hydrogen) atoms. The lowest BCUT2D eigenvalue weighted by atomic mass is 9.80. The van der Waals surface area contributed by atoms with Crippen molar-refractivity contribution in [2.24, 2.45) is 0 Å². The van der Waals surface area contributed by atoms with Gasteiger partial charge in [0.25, 0.3) is 0 Å². The highest BCUT2D eigenvalue weighted by Gasteiger charge is 2.54. The second-order valence-corrected chi connectivity index (χ2v) is 6.50. The fourth-order valence-corrected chi connectivity index (χ4v) is 4.85. The summed E-state index contributed by atoms with van der Waals surface area (Å²) >= 11 is 2.02. The molecular weight excluding hydrogens is 202 g/mol. The molecule has 0 bridgehead atoms. The van der Waals surface area contributed by atoms with Crippen LogP contribution >= 0.6 is 11.3 Å². The molecule has 2 fully saturated rings. The summed E-state index contributed by atoms with van der Waals surface area (Å²) < 4.78 is 0. The Balaban J connectivity index is 1.87. The molecule has 1 nitrogen and oxygen atoms in total. The summed E-state index contributed by atoms with van der Waals surface area (Å²) in [5.41, 5.74) is 2.65. The van der Waals surface area contributed by atoms with Crippen LogP contribution in [-0.4, -0.2) is 6.54 Å². The van der Waals surface area contributed by atoms with Gasteiger partial charge in [-0.1, -0.05) is 12.8 Å². The summed E-state index contributed by atoms with van der Waals surface area (Å²) in [6, 6.07) is 2.40. The SMILES string of the molecule is c1cc2c(s1)C1(CC1)CNC21CCCC1. The van der Waals surface area contributed by atoms with Gasteiger partial charge in [0.15, 0.2) is 0 Å². The number of hydrogen-bond acceptors (Lipinski definition) is 2. The summed E-state index contributed by atoms with van der Waals surface area (Å²) in [4.78, 5) is 1.74. The van der Waals surface area contributed by atoms with Gasteiger partial charge in [0.1, 0.15) is 0 Å². The Morgan fingerprint density at radius 3 is 2.67 bits per heavy atom. The van der Waals surface area contributed by atoms with E-state index in [2.05, 4.69) is 16.8 Å². The monoisotopic (exact) mass is 219 g/mol. The summed E-state index contributed by atoms with van der Waals surface area (Å²) in [7, 11) is 0. The first kappa shape index (κ1) is 8.77. The topological polar surface area (TPSA) is 12.0 Å². The maximum absolute atomic E-state index is 3.90. The second kappa shape index (κ2) is 2.67. The molecule has 0 radical (unpaired) electrons.